The van der Waals surface area contributed by atoms with Crippen LogP contribution in [0.2, 0.25) is 0 Å². The molecule has 134 valence electrons. The molecule has 0 bridgehead atoms. The van der Waals surface area contributed by atoms with Gasteiger partial charge in [0.15, 0.2) is 0 Å². The summed E-state index contributed by atoms with van der Waals surface area (Å²) in [5, 5.41) is 0.429. The molecule has 0 N–H and O–H groups in total. The first kappa shape index (κ1) is 20.4. The first-order valence-electron chi connectivity index (χ1n) is 7.93. The highest BCUT2D eigenvalue weighted by Gasteiger charge is 2.29. The topological polar surface area (TPSA) is 65.1 Å². The predicted molar refractivity (Wildman–Crippen MR) is 96.9 cm³/mol. The molecule has 0 spiro atoms. The summed E-state index contributed by atoms with van der Waals surface area (Å²) in [6.07, 6.45) is 2.87. The summed E-state index contributed by atoms with van der Waals surface area (Å²) in [6.45, 7) is 6.06. The van der Waals surface area contributed by atoms with Gasteiger partial charge in [-0.3, -0.25) is 4.57 Å². The molecule has 0 unspecified atom stereocenters. The Morgan fingerprint density at radius 2 is 1.75 bits per heavy atom. The lowest BCUT2D eigenvalue weighted by molar-refractivity contribution is -0.137. The maximum atomic E-state index is 13.2. The van der Waals surface area contributed by atoms with Gasteiger partial charge in [0.2, 0.25) is 0 Å². The van der Waals surface area contributed by atoms with Crippen molar-refractivity contribution in [2.75, 3.05) is 38.8 Å². The van der Waals surface area contributed by atoms with Crippen molar-refractivity contribution in [3.8, 4) is 0 Å². The minimum atomic E-state index is -3.48. The standard InChI is InChI=1S/C17H26NO5P/c1-6-21-17(19)12-10-14-9-11-15(18(4)5)13-16(14)24(20,22-7-2)23-8-3/h9-13H,6-8H2,1-5H3/b12-10+. The summed E-state index contributed by atoms with van der Waals surface area (Å²) in [7, 11) is 0.296. The smallest absolute Gasteiger partial charge is 0.361 e. The van der Waals surface area contributed by atoms with Gasteiger partial charge in [-0.1, -0.05) is 6.07 Å². The second-order valence-electron chi connectivity index (χ2n) is 5.06. The number of hydrogen-bond acceptors (Lipinski definition) is 6. The molecular formula is C17H26NO5P. The Hall–Kier alpha value is -1.62. The zero-order valence-electron chi connectivity index (χ0n) is 14.9. The highest BCUT2D eigenvalue weighted by Crippen LogP contribution is 2.48. The Morgan fingerprint density at radius 3 is 2.25 bits per heavy atom. The van der Waals surface area contributed by atoms with Crippen molar-refractivity contribution in [1.29, 1.82) is 0 Å². The van der Waals surface area contributed by atoms with E-state index in [1.54, 1.807) is 39.0 Å². The van der Waals surface area contributed by atoms with Gasteiger partial charge in [0.05, 0.1) is 25.1 Å². The van der Waals surface area contributed by atoms with Crippen LogP contribution in [0, 0.1) is 0 Å². The van der Waals surface area contributed by atoms with Crippen LogP contribution in [0.1, 0.15) is 26.3 Å². The molecule has 0 radical (unpaired) electrons. The van der Waals surface area contributed by atoms with E-state index in [1.807, 2.05) is 25.1 Å². The number of anilines is 1. The Balaban J connectivity index is 3.37. The highest BCUT2D eigenvalue weighted by molar-refractivity contribution is 7.62. The molecule has 0 aromatic heterocycles. The molecule has 0 atom stereocenters. The van der Waals surface area contributed by atoms with Crippen LogP contribution in [0.4, 0.5) is 5.69 Å². The van der Waals surface area contributed by atoms with Gasteiger partial charge >= 0.3 is 13.6 Å². The Labute approximate surface area is 143 Å². The lowest BCUT2D eigenvalue weighted by atomic mass is 10.2. The lowest BCUT2D eigenvalue weighted by Crippen LogP contribution is -2.17. The van der Waals surface area contributed by atoms with Gasteiger partial charge < -0.3 is 18.7 Å². The fourth-order valence-electron chi connectivity index (χ4n) is 2.05. The van der Waals surface area contributed by atoms with Crippen molar-refractivity contribution >= 4 is 30.6 Å². The van der Waals surface area contributed by atoms with Gasteiger partial charge in [-0.15, -0.1) is 0 Å². The quantitative estimate of drug-likeness (QED) is 0.385. The maximum Gasteiger partial charge on any atom is 0.361 e. The Bertz CT molecular complexity index is 617. The number of esters is 1. The van der Waals surface area contributed by atoms with Crippen molar-refractivity contribution in [3.05, 3.63) is 29.8 Å². The van der Waals surface area contributed by atoms with Crippen LogP contribution in [0.3, 0.4) is 0 Å². The third kappa shape index (κ3) is 5.48. The van der Waals surface area contributed by atoms with Crippen molar-refractivity contribution in [1.82, 2.24) is 0 Å². The molecule has 0 heterocycles. The van der Waals surface area contributed by atoms with E-state index >= 15 is 0 Å². The van der Waals surface area contributed by atoms with Crippen LogP contribution < -0.4 is 10.2 Å². The SMILES string of the molecule is CCOC(=O)/C=C/c1ccc(N(C)C)cc1P(=O)(OCC)OCC. The van der Waals surface area contributed by atoms with E-state index in [2.05, 4.69) is 0 Å². The van der Waals surface area contributed by atoms with Crippen LogP contribution in [-0.2, 0) is 23.1 Å². The molecule has 0 aliphatic carbocycles. The average molecular weight is 355 g/mol. The molecule has 1 rings (SSSR count). The van der Waals surface area contributed by atoms with Crippen molar-refractivity contribution < 1.29 is 23.1 Å². The summed E-state index contributed by atoms with van der Waals surface area (Å²) >= 11 is 0. The summed E-state index contributed by atoms with van der Waals surface area (Å²) < 4.78 is 28.9. The lowest BCUT2D eigenvalue weighted by Gasteiger charge is -2.21. The largest absolute Gasteiger partial charge is 0.463 e. The summed E-state index contributed by atoms with van der Waals surface area (Å²) in [6, 6.07) is 5.42. The number of hydrogen-bond donors (Lipinski definition) is 0. The molecule has 24 heavy (non-hydrogen) atoms. The number of rotatable bonds is 9. The first-order valence-corrected chi connectivity index (χ1v) is 9.48. The molecule has 0 amide bonds. The van der Waals surface area contributed by atoms with Gasteiger partial charge in [0, 0.05) is 25.9 Å². The third-order valence-electron chi connectivity index (χ3n) is 3.11. The molecule has 7 heteroatoms. The van der Waals surface area contributed by atoms with Crippen LogP contribution in [0.5, 0.6) is 0 Å². The second kappa shape index (κ2) is 9.62. The zero-order chi connectivity index (χ0) is 18.2. The van der Waals surface area contributed by atoms with E-state index in [4.69, 9.17) is 13.8 Å². The van der Waals surface area contributed by atoms with Crippen LogP contribution >= 0.6 is 7.60 Å². The molecule has 0 aliphatic rings. The Morgan fingerprint density at radius 1 is 1.12 bits per heavy atom. The number of benzene rings is 1. The van der Waals surface area contributed by atoms with Gasteiger partial charge in [0.1, 0.15) is 0 Å². The molecule has 0 aliphatic heterocycles. The normalized spacial score (nSPS) is 11.7. The van der Waals surface area contributed by atoms with E-state index in [1.165, 1.54) is 6.08 Å². The predicted octanol–water partition coefficient (Wildman–Crippen LogP) is 3.22. The molecule has 0 saturated heterocycles. The fourth-order valence-corrected chi connectivity index (χ4v) is 3.84. The molecule has 0 fully saturated rings. The van der Waals surface area contributed by atoms with E-state index in [9.17, 15) is 9.36 Å². The van der Waals surface area contributed by atoms with Crippen molar-refractivity contribution in [2.45, 2.75) is 20.8 Å². The molecule has 1 aromatic carbocycles. The van der Waals surface area contributed by atoms with Crippen molar-refractivity contribution in [3.63, 3.8) is 0 Å². The monoisotopic (exact) mass is 355 g/mol. The van der Waals surface area contributed by atoms with E-state index in [-0.39, 0.29) is 13.2 Å². The van der Waals surface area contributed by atoms with Gasteiger partial charge in [-0.25, -0.2) is 4.79 Å². The Kier molecular flexibility index (Phi) is 8.19. The average Bonchev–Trinajstić information content (AvgIpc) is 2.53. The summed E-state index contributed by atoms with van der Waals surface area (Å²) in [5.41, 5.74) is 1.46. The molecule has 0 saturated carbocycles. The number of carbonyl (C=O) groups is 1. The molecule has 1 aromatic rings. The summed E-state index contributed by atoms with van der Waals surface area (Å²) in [4.78, 5) is 13.4. The van der Waals surface area contributed by atoms with Crippen LogP contribution in [-0.4, -0.2) is 39.9 Å². The second-order valence-corrected chi connectivity index (χ2v) is 7.05. The van der Waals surface area contributed by atoms with E-state index < -0.39 is 13.6 Å². The third-order valence-corrected chi connectivity index (χ3v) is 5.28. The highest BCUT2D eigenvalue weighted by atomic mass is 31.2. The van der Waals surface area contributed by atoms with Crippen LogP contribution in [0.25, 0.3) is 6.08 Å². The van der Waals surface area contributed by atoms with Gasteiger partial charge in [0.25, 0.3) is 0 Å². The van der Waals surface area contributed by atoms with Crippen molar-refractivity contribution in [2.24, 2.45) is 0 Å². The van der Waals surface area contributed by atoms with E-state index in [0.717, 1.165) is 5.69 Å². The molecule has 6 nitrogen and oxygen atoms in total. The van der Waals surface area contributed by atoms with Crippen LogP contribution in [0.15, 0.2) is 24.3 Å². The van der Waals surface area contributed by atoms with Gasteiger partial charge in [-0.2, -0.15) is 0 Å². The number of carbonyl (C=O) groups excluding carboxylic acids is 1. The number of nitrogens with zero attached hydrogens (tertiary/aromatic N) is 1. The maximum absolute atomic E-state index is 13.2. The first-order chi connectivity index (χ1) is 11.4. The minimum Gasteiger partial charge on any atom is -0.463 e. The van der Waals surface area contributed by atoms with Gasteiger partial charge in [-0.05, 0) is 44.5 Å². The fraction of sp³-hybridized carbons (Fsp3) is 0.471. The number of ether oxygens (including phenoxy) is 1. The molecular weight excluding hydrogens is 329 g/mol. The van der Waals surface area contributed by atoms with E-state index in [0.29, 0.717) is 17.5 Å². The summed E-state index contributed by atoms with van der Waals surface area (Å²) in [5.74, 6) is -0.456. The zero-order valence-corrected chi connectivity index (χ0v) is 15.8. The minimum absolute atomic E-state index is 0.254.